The van der Waals surface area contributed by atoms with Crippen LogP contribution >= 0.6 is 0 Å². The predicted octanol–water partition coefficient (Wildman–Crippen LogP) is 3.90. The average Bonchev–Trinajstić information content (AvgIpc) is 3.37. The monoisotopic (exact) mass is 561 g/mol. The first-order valence-corrected chi connectivity index (χ1v) is 13.2. The van der Waals surface area contributed by atoms with Crippen molar-refractivity contribution < 1.29 is 22.3 Å². The van der Waals surface area contributed by atoms with Gasteiger partial charge in [-0.15, -0.1) is 5.10 Å². The van der Waals surface area contributed by atoms with Crippen LogP contribution in [0, 0.1) is 12.7 Å². The highest BCUT2D eigenvalue weighted by atomic mass is 19.3. The molecule has 4 aromatic heterocycles. The number of rotatable bonds is 7. The van der Waals surface area contributed by atoms with E-state index in [1.165, 1.54) is 15.3 Å². The molecule has 1 unspecified atom stereocenters. The third kappa shape index (κ3) is 4.42. The minimum absolute atomic E-state index is 0.111. The minimum Gasteiger partial charge on any atom is -0.377 e. The Balaban J connectivity index is 1.34. The molecule has 40 heavy (non-hydrogen) atoms. The number of halogens is 4. The molecule has 0 amide bonds. The topological polar surface area (TPSA) is 97.4 Å². The summed E-state index contributed by atoms with van der Waals surface area (Å²) in [5.41, 5.74) is -0.415. The lowest BCUT2D eigenvalue weighted by Gasteiger charge is -2.52. The Hall–Kier alpha value is -3.52. The molecule has 4 aromatic rings. The van der Waals surface area contributed by atoms with Crippen molar-refractivity contribution in [3.8, 4) is 11.3 Å². The van der Waals surface area contributed by atoms with Crippen LogP contribution in [0.1, 0.15) is 26.1 Å². The zero-order valence-corrected chi connectivity index (χ0v) is 22.7. The molecule has 0 aromatic carbocycles. The van der Waals surface area contributed by atoms with E-state index in [0.29, 0.717) is 48.9 Å². The number of nitrogens with zero attached hydrogens (tertiary/aromatic N) is 7. The van der Waals surface area contributed by atoms with Crippen molar-refractivity contribution in [2.24, 2.45) is 0 Å². The van der Waals surface area contributed by atoms with E-state index < -0.39 is 30.5 Å². The fourth-order valence-corrected chi connectivity index (χ4v) is 5.71. The van der Waals surface area contributed by atoms with E-state index in [4.69, 9.17) is 4.74 Å². The molecule has 2 aliphatic heterocycles. The SMILES string of the molecule is CNc1nc(N[C@@H]2CCN(C3(C)COC3)CC2(C)F)nn2cc(F)c(-c3ccc4nc(C)n(CC(F)F)c4n3)c12. The second kappa shape index (κ2) is 9.54. The molecule has 0 saturated carbocycles. The van der Waals surface area contributed by atoms with Crippen molar-refractivity contribution in [2.45, 2.75) is 57.4 Å². The van der Waals surface area contributed by atoms with Crippen molar-refractivity contribution in [3.05, 3.63) is 30.0 Å². The standard InChI is InChI=1S/C26H31F4N9O/c1-14-32-17-6-5-16(33-23(17)38(14)10-19(28)29)20-15(27)9-39-21(20)22(31-4)35-24(36-39)34-18-7-8-37(11-26(18,3)30)25(2)12-40-13-25/h5-6,9,18-19H,7-8,10-13H2,1-4H3,(H2,31,34,35,36)/t18-,26?/m1/s1. The normalized spacial score (nSPS) is 23.2. The van der Waals surface area contributed by atoms with Gasteiger partial charge in [-0.3, -0.25) is 4.90 Å². The van der Waals surface area contributed by atoms with Crippen LogP contribution in [0.2, 0.25) is 0 Å². The third-order valence-electron chi connectivity index (χ3n) is 7.99. The van der Waals surface area contributed by atoms with E-state index in [1.807, 2.05) is 0 Å². The maximum Gasteiger partial charge on any atom is 0.256 e. The van der Waals surface area contributed by atoms with E-state index >= 15 is 8.78 Å². The molecule has 2 saturated heterocycles. The van der Waals surface area contributed by atoms with Gasteiger partial charge in [0.1, 0.15) is 22.5 Å². The molecule has 2 N–H and O–H groups in total. The summed E-state index contributed by atoms with van der Waals surface area (Å²) in [6, 6.07) is 2.65. The molecule has 0 radical (unpaired) electrons. The summed E-state index contributed by atoms with van der Waals surface area (Å²) >= 11 is 0. The van der Waals surface area contributed by atoms with Gasteiger partial charge in [0.2, 0.25) is 5.95 Å². The maximum atomic E-state index is 15.8. The van der Waals surface area contributed by atoms with Crippen LogP contribution in [-0.2, 0) is 11.3 Å². The van der Waals surface area contributed by atoms with Crippen molar-refractivity contribution in [1.29, 1.82) is 0 Å². The van der Waals surface area contributed by atoms with Gasteiger partial charge in [0.25, 0.3) is 6.43 Å². The molecule has 214 valence electrons. The van der Waals surface area contributed by atoms with Crippen LogP contribution < -0.4 is 10.6 Å². The van der Waals surface area contributed by atoms with Crippen molar-refractivity contribution in [3.63, 3.8) is 0 Å². The summed E-state index contributed by atoms with van der Waals surface area (Å²) < 4.78 is 65.7. The predicted molar refractivity (Wildman–Crippen MR) is 142 cm³/mol. The molecule has 2 fully saturated rings. The molecule has 10 nitrogen and oxygen atoms in total. The minimum atomic E-state index is -2.60. The fraction of sp³-hybridized carbons (Fsp3) is 0.538. The first kappa shape index (κ1) is 26.7. The molecular weight excluding hydrogens is 530 g/mol. The summed E-state index contributed by atoms with van der Waals surface area (Å²) in [5, 5.41) is 10.5. The highest BCUT2D eigenvalue weighted by Gasteiger charge is 2.48. The van der Waals surface area contributed by atoms with Gasteiger partial charge in [-0.25, -0.2) is 32.0 Å². The number of hydrogen-bond donors (Lipinski definition) is 2. The Morgan fingerprint density at radius 3 is 2.60 bits per heavy atom. The van der Waals surface area contributed by atoms with Crippen LogP contribution in [0.4, 0.5) is 29.3 Å². The van der Waals surface area contributed by atoms with E-state index in [1.54, 1.807) is 33.0 Å². The summed E-state index contributed by atoms with van der Waals surface area (Å²) in [5.74, 6) is 0.213. The van der Waals surface area contributed by atoms with Crippen LogP contribution in [0.15, 0.2) is 18.3 Å². The highest BCUT2D eigenvalue weighted by Crippen LogP contribution is 2.36. The second-order valence-electron chi connectivity index (χ2n) is 11.1. The summed E-state index contributed by atoms with van der Waals surface area (Å²) in [6.45, 7) is 6.79. The zero-order valence-electron chi connectivity index (χ0n) is 22.7. The number of anilines is 2. The molecule has 0 spiro atoms. The number of alkyl halides is 3. The Morgan fingerprint density at radius 2 is 1.95 bits per heavy atom. The maximum absolute atomic E-state index is 15.8. The number of ether oxygens (including phenoxy) is 1. The first-order chi connectivity index (χ1) is 19.0. The largest absolute Gasteiger partial charge is 0.377 e. The van der Waals surface area contributed by atoms with E-state index in [0.717, 1.165) is 0 Å². The number of piperidine rings is 1. The molecule has 2 aliphatic rings. The Morgan fingerprint density at radius 1 is 1.18 bits per heavy atom. The van der Waals surface area contributed by atoms with Crippen LogP contribution in [0.3, 0.4) is 0 Å². The van der Waals surface area contributed by atoms with Gasteiger partial charge >= 0.3 is 0 Å². The summed E-state index contributed by atoms with van der Waals surface area (Å²) in [6.07, 6.45) is -0.877. The number of hydrogen-bond acceptors (Lipinski definition) is 8. The van der Waals surface area contributed by atoms with E-state index in [-0.39, 0.29) is 34.9 Å². The third-order valence-corrected chi connectivity index (χ3v) is 7.99. The van der Waals surface area contributed by atoms with Gasteiger partial charge in [-0.1, -0.05) is 0 Å². The smallest absolute Gasteiger partial charge is 0.256 e. The van der Waals surface area contributed by atoms with Gasteiger partial charge < -0.3 is 19.9 Å². The number of imidazole rings is 1. The lowest BCUT2D eigenvalue weighted by Crippen LogP contribution is -2.67. The van der Waals surface area contributed by atoms with Gasteiger partial charge in [0, 0.05) is 20.1 Å². The van der Waals surface area contributed by atoms with Crippen LogP contribution in [-0.4, -0.2) is 91.1 Å². The van der Waals surface area contributed by atoms with Crippen molar-refractivity contribution in [2.75, 3.05) is 44.0 Å². The Labute approximate surface area is 227 Å². The summed E-state index contributed by atoms with van der Waals surface area (Å²) in [4.78, 5) is 15.5. The van der Waals surface area contributed by atoms with Crippen molar-refractivity contribution >= 4 is 28.4 Å². The Kier molecular flexibility index (Phi) is 6.37. The van der Waals surface area contributed by atoms with Crippen LogP contribution in [0.5, 0.6) is 0 Å². The number of aromatic nitrogens is 6. The average molecular weight is 562 g/mol. The number of pyridine rings is 1. The number of fused-ring (bicyclic) bond motifs is 2. The van der Waals surface area contributed by atoms with E-state index in [9.17, 15) is 8.78 Å². The molecule has 6 heterocycles. The zero-order chi connectivity index (χ0) is 28.4. The molecule has 2 atom stereocenters. The van der Waals surface area contributed by atoms with Crippen molar-refractivity contribution in [1.82, 2.24) is 34.0 Å². The quantitative estimate of drug-likeness (QED) is 0.328. The summed E-state index contributed by atoms with van der Waals surface area (Å²) in [7, 11) is 1.64. The first-order valence-electron chi connectivity index (χ1n) is 13.2. The van der Waals surface area contributed by atoms with Gasteiger partial charge in [-0.2, -0.15) is 4.98 Å². The molecule has 0 aliphatic carbocycles. The number of aryl methyl sites for hydroxylation is 1. The van der Waals surface area contributed by atoms with Gasteiger partial charge in [0.05, 0.1) is 48.8 Å². The molecule has 14 heteroatoms. The lowest BCUT2D eigenvalue weighted by molar-refractivity contribution is -0.151. The number of nitrogens with one attached hydrogen (secondary N) is 2. The highest BCUT2D eigenvalue weighted by molar-refractivity contribution is 5.89. The molecular formula is C26H31F4N9O. The van der Waals surface area contributed by atoms with Gasteiger partial charge in [0.15, 0.2) is 17.3 Å². The fourth-order valence-electron chi connectivity index (χ4n) is 5.71. The lowest BCUT2D eigenvalue weighted by atomic mass is 9.86. The van der Waals surface area contributed by atoms with Crippen LogP contribution in [0.25, 0.3) is 27.9 Å². The van der Waals surface area contributed by atoms with Gasteiger partial charge in [-0.05, 0) is 39.3 Å². The number of likely N-dealkylation sites (tertiary alicyclic amines) is 1. The van der Waals surface area contributed by atoms with E-state index in [2.05, 4.69) is 42.5 Å². The second-order valence-corrected chi connectivity index (χ2v) is 11.1. The molecule has 0 bridgehead atoms. The Bertz CT molecular complexity index is 1580. The molecule has 6 rings (SSSR count).